The molecule has 0 aliphatic heterocycles. The van der Waals surface area contributed by atoms with Crippen molar-refractivity contribution in [1.29, 1.82) is 0 Å². The molecule has 2 nitrogen and oxygen atoms in total. The molecule has 0 heterocycles. The van der Waals surface area contributed by atoms with E-state index in [-0.39, 0.29) is 0 Å². The fourth-order valence-corrected chi connectivity index (χ4v) is 4.15. The summed E-state index contributed by atoms with van der Waals surface area (Å²) in [7, 11) is 0. The van der Waals surface area contributed by atoms with Gasteiger partial charge in [-0.3, -0.25) is 4.79 Å². The number of hydrogen-bond donors (Lipinski definition) is 1. The van der Waals surface area contributed by atoms with Gasteiger partial charge in [0.05, 0.1) is 0 Å². The van der Waals surface area contributed by atoms with Gasteiger partial charge in [-0.15, -0.1) is 0 Å². The molecule has 0 unspecified atom stereocenters. The number of carbonyl (C=O) groups is 1. The van der Waals surface area contributed by atoms with Gasteiger partial charge in [0.25, 0.3) is 0 Å². The van der Waals surface area contributed by atoms with Gasteiger partial charge in [-0.25, -0.2) is 0 Å². The third-order valence-corrected chi connectivity index (χ3v) is 6.07. The molecule has 0 aromatic rings. The summed E-state index contributed by atoms with van der Waals surface area (Å²) in [6.07, 6.45) is 29.6. The first-order valence-corrected chi connectivity index (χ1v) is 12.9. The van der Waals surface area contributed by atoms with E-state index in [1.165, 1.54) is 128 Å². The van der Waals surface area contributed by atoms with Crippen molar-refractivity contribution in [3.8, 4) is 0 Å². The molecule has 0 bridgehead atoms. The molecule has 1 atom stereocenters. The van der Waals surface area contributed by atoms with E-state index in [4.69, 9.17) is 5.11 Å². The Morgan fingerprint density at radius 1 is 0.571 bits per heavy atom. The van der Waals surface area contributed by atoms with Crippen LogP contribution < -0.4 is 0 Å². The van der Waals surface area contributed by atoms with E-state index in [9.17, 15) is 4.79 Å². The largest absolute Gasteiger partial charge is 0.481 e. The van der Waals surface area contributed by atoms with Crippen molar-refractivity contribution in [2.75, 3.05) is 0 Å². The summed E-state index contributed by atoms with van der Waals surface area (Å²) >= 11 is 0. The fraction of sp³-hybridized carbons (Fsp3) is 0.962. The molecular formula is C26H52O2. The Bertz CT molecular complexity index is 314. The molecule has 0 fully saturated rings. The second kappa shape index (κ2) is 22.8. The van der Waals surface area contributed by atoms with Crippen LogP contribution in [0.4, 0.5) is 0 Å². The lowest BCUT2D eigenvalue weighted by atomic mass is 9.99. The standard InChI is InChI=1S/C26H52O2/c1-3-4-5-6-7-8-9-10-11-12-13-14-15-16-17-18-19-20-21-22-23-25(2)24-26(27)28/h25H,3-24H2,1-2H3,(H,27,28)/t25-/m0/s1. The van der Waals surface area contributed by atoms with Crippen LogP contribution in [0.5, 0.6) is 0 Å². The molecule has 0 radical (unpaired) electrons. The summed E-state index contributed by atoms with van der Waals surface area (Å²) in [6.45, 7) is 4.35. The van der Waals surface area contributed by atoms with Crippen LogP contribution in [-0.2, 0) is 4.79 Å². The maximum Gasteiger partial charge on any atom is 0.303 e. The Hall–Kier alpha value is -0.530. The Balaban J connectivity index is 3.06. The van der Waals surface area contributed by atoms with Crippen molar-refractivity contribution in [2.24, 2.45) is 5.92 Å². The van der Waals surface area contributed by atoms with Crippen LogP contribution in [0.3, 0.4) is 0 Å². The molecule has 0 spiro atoms. The van der Waals surface area contributed by atoms with E-state index in [0.29, 0.717) is 12.3 Å². The zero-order chi connectivity index (χ0) is 20.7. The summed E-state index contributed by atoms with van der Waals surface area (Å²) in [5.74, 6) is -0.311. The van der Waals surface area contributed by atoms with Crippen molar-refractivity contribution >= 4 is 5.97 Å². The Kier molecular flexibility index (Phi) is 22.3. The van der Waals surface area contributed by atoms with Gasteiger partial charge < -0.3 is 5.11 Å². The lowest BCUT2D eigenvalue weighted by Gasteiger charge is -2.08. The molecule has 1 N–H and O–H groups in total. The second-order valence-electron chi connectivity index (χ2n) is 9.21. The number of unbranched alkanes of at least 4 members (excludes halogenated alkanes) is 19. The minimum Gasteiger partial charge on any atom is -0.481 e. The maximum absolute atomic E-state index is 10.6. The van der Waals surface area contributed by atoms with Crippen LogP contribution in [0, 0.1) is 5.92 Å². The van der Waals surface area contributed by atoms with Gasteiger partial charge >= 0.3 is 5.97 Å². The third kappa shape index (κ3) is 23.5. The minimum absolute atomic E-state index is 0.332. The van der Waals surface area contributed by atoms with Gasteiger partial charge in [0.1, 0.15) is 0 Å². The van der Waals surface area contributed by atoms with E-state index < -0.39 is 5.97 Å². The lowest BCUT2D eigenvalue weighted by molar-refractivity contribution is -0.138. The zero-order valence-corrected chi connectivity index (χ0v) is 19.5. The first-order chi connectivity index (χ1) is 13.7. The molecule has 0 aliphatic carbocycles. The van der Waals surface area contributed by atoms with Crippen molar-refractivity contribution in [3.05, 3.63) is 0 Å². The smallest absolute Gasteiger partial charge is 0.303 e. The van der Waals surface area contributed by atoms with Crippen LogP contribution in [-0.4, -0.2) is 11.1 Å². The molecule has 0 saturated heterocycles. The molecule has 0 aliphatic rings. The summed E-state index contributed by atoms with van der Waals surface area (Å²) in [5, 5.41) is 8.75. The molecule has 168 valence electrons. The highest BCUT2D eigenvalue weighted by Gasteiger charge is 2.06. The highest BCUT2D eigenvalue weighted by atomic mass is 16.4. The van der Waals surface area contributed by atoms with Crippen LogP contribution in [0.25, 0.3) is 0 Å². The van der Waals surface area contributed by atoms with Gasteiger partial charge in [0.2, 0.25) is 0 Å². The summed E-state index contributed by atoms with van der Waals surface area (Å²) in [6, 6.07) is 0. The van der Waals surface area contributed by atoms with Crippen LogP contribution in [0.1, 0.15) is 155 Å². The number of carboxylic acid groups (broad SMARTS) is 1. The molecule has 0 amide bonds. The fourth-order valence-electron chi connectivity index (χ4n) is 4.15. The quantitative estimate of drug-likeness (QED) is 0.175. The molecule has 0 rings (SSSR count). The Labute approximate surface area is 177 Å². The molecule has 0 saturated carbocycles. The van der Waals surface area contributed by atoms with E-state index in [0.717, 1.165) is 6.42 Å². The van der Waals surface area contributed by atoms with Crippen LogP contribution >= 0.6 is 0 Å². The van der Waals surface area contributed by atoms with Gasteiger partial charge in [0.15, 0.2) is 0 Å². The minimum atomic E-state index is -0.652. The molecule has 2 heteroatoms. The van der Waals surface area contributed by atoms with E-state index in [1.54, 1.807) is 0 Å². The zero-order valence-electron chi connectivity index (χ0n) is 19.5. The van der Waals surface area contributed by atoms with Crippen LogP contribution in [0.15, 0.2) is 0 Å². The highest BCUT2D eigenvalue weighted by Crippen LogP contribution is 2.16. The van der Waals surface area contributed by atoms with E-state index in [2.05, 4.69) is 13.8 Å². The van der Waals surface area contributed by atoms with E-state index in [1.807, 2.05) is 0 Å². The predicted octanol–water partition coefficient (Wildman–Crippen LogP) is 9.31. The van der Waals surface area contributed by atoms with E-state index >= 15 is 0 Å². The SMILES string of the molecule is CCCCCCCCCCCCCCCCCCCCCC[C@H](C)CC(=O)O. The molecule has 0 aromatic heterocycles. The molecule has 0 aromatic carbocycles. The van der Waals surface area contributed by atoms with Crippen molar-refractivity contribution in [1.82, 2.24) is 0 Å². The van der Waals surface area contributed by atoms with Crippen molar-refractivity contribution in [2.45, 2.75) is 155 Å². The maximum atomic E-state index is 10.6. The first kappa shape index (κ1) is 27.5. The van der Waals surface area contributed by atoms with Crippen LogP contribution in [0.2, 0.25) is 0 Å². The summed E-state index contributed by atoms with van der Waals surface area (Å²) < 4.78 is 0. The number of rotatable bonds is 23. The number of hydrogen-bond acceptors (Lipinski definition) is 1. The second-order valence-corrected chi connectivity index (χ2v) is 9.21. The van der Waals surface area contributed by atoms with Gasteiger partial charge in [0, 0.05) is 6.42 Å². The topological polar surface area (TPSA) is 37.3 Å². The number of aliphatic carboxylic acids is 1. The molecule has 28 heavy (non-hydrogen) atoms. The summed E-state index contributed by atoms with van der Waals surface area (Å²) in [4.78, 5) is 10.6. The average molecular weight is 397 g/mol. The summed E-state index contributed by atoms with van der Waals surface area (Å²) in [5.41, 5.74) is 0. The first-order valence-electron chi connectivity index (χ1n) is 12.9. The van der Waals surface area contributed by atoms with Gasteiger partial charge in [-0.1, -0.05) is 149 Å². The Morgan fingerprint density at radius 3 is 1.14 bits per heavy atom. The third-order valence-electron chi connectivity index (χ3n) is 6.07. The normalized spacial score (nSPS) is 12.4. The lowest BCUT2D eigenvalue weighted by Crippen LogP contribution is -2.03. The number of carboxylic acids is 1. The average Bonchev–Trinajstić information content (AvgIpc) is 2.66. The molecular weight excluding hydrogens is 344 g/mol. The Morgan fingerprint density at radius 2 is 0.857 bits per heavy atom. The van der Waals surface area contributed by atoms with Crippen molar-refractivity contribution in [3.63, 3.8) is 0 Å². The van der Waals surface area contributed by atoms with Crippen molar-refractivity contribution < 1.29 is 9.90 Å². The predicted molar refractivity (Wildman–Crippen MR) is 124 cm³/mol. The van der Waals surface area contributed by atoms with Gasteiger partial charge in [-0.2, -0.15) is 0 Å². The van der Waals surface area contributed by atoms with Gasteiger partial charge in [-0.05, 0) is 5.92 Å². The highest BCUT2D eigenvalue weighted by molar-refractivity contribution is 5.66. The monoisotopic (exact) mass is 396 g/mol.